The van der Waals surface area contributed by atoms with Crippen molar-refractivity contribution in [2.45, 2.75) is 26.3 Å². The molecule has 0 heterocycles. The summed E-state index contributed by atoms with van der Waals surface area (Å²) in [6.45, 7) is 3.70. The van der Waals surface area contributed by atoms with Crippen LogP contribution in [0, 0.1) is 22.9 Å². The monoisotopic (exact) mass is 288 g/mol. The molecule has 0 aliphatic rings. The largest absolute Gasteiger partial charge is 0.373 e. The Kier molecular flexibility index (Phi) is 4.52. The lowest BCUT2D eigenvalue weighted by Gasteiger charge is -2.19. The fourth-order valence-corrected chi connectivity index (χ4v) is 2.26. The smallest absolute Gasteiger partial charge is 0.292 e. The summed E-state index contributed by atoms with van der Waals surface area (Å²) < 4.78 is 13.9. The molecule has 0 bridgehead atoms. The molecule has 4 nitrogen and oxygen atoms in total. The maximum Gasteiger partial charge on any atom is 0.292 e. The molecule has 0 aliphatic carbocycles. The van der Waals surface area contributed by atoms with Crippen molar-refractivity contribution < 1.29 is 9.31 Å². The zero-order valence-electron chi connectivity index (χ0n) is 12.0. The van der Waals surface area contributed by atoms with Gasteiger partial charge in [-0.3, -0.25) is 10.1 Å². The van der Waals surface area contributed by atoms with Crippen molar-refractivity contribution in [3.05, 3.63) is 69.5 Å². The van der Waals surface area contributed by atoms with E-state index < -0.39 is 4.92 Å². The molecule has 0 saturated carbocycles. The third-order valence-electron chi connectivity index (χ3n) is 3.37. The molecular formula is C16H17FN2O2. The molecule has 0 fully saturated rings. The molecule has 2 aromatic rings. The standard InChI is InChI=1S/C16H17FN2O2/c1-3-14(12-6-4-5-7-13(12)17)18-15-9-8-11(2)10-16(15)19(20)21/h4-10,14,18H,3H2,1-2H3. The Balaban J connectivity index is 2.36. The highest BCUT2D eigenvalue weighted by Gasteiger charge is 2.19. The minimum Gasteiger partial charge on any atom is -0.373 e. The van der Waals surface area contributed by atoms with Gasteiger partial charge in [0.1, 0.15) is 11.5 Å². The fraction of sp³-hybridized carbons (Fsp3) is 0.250. The maximum absolute atomic E-state index is 13.9. The van der Waals surface area contributed by atoms with E-state index >= 15 is 0 Å². The van der Waals surface area contributed by atoms with Gasteiger partial charge in [-0.05, 0) is 31.0 Å². The Morgan fingerprint density at radius 2 is 2.00 bits per heavy atom. The van der Waals surface area contributed by atoms with Crippen LogP contribution in [0.1, 0.15) is 30.5 Å². The number of hydrogen-bond acceptors (Lipinski definition) is 3. The lowest BCUT2D eigenvalue weighted by Crippen LogP contribution is -2.12. The number of nitrogens with zero attached hydrogens (tertiary/aromatic N) is 1. The summed E-state index contributed by atoms with van der Waals surface area (Å²) >= 11 is 0. The van der Waals surface area contributed by atoms with Gasteiger partial charge in [-0.2, -0.15) is 0 Å². The topological polar surface area (TPSA) is 55.2 Å². The third kappa shape index (κ3) is 3.37. The molecule has 1 atom stereocenters. The van der Waals surface area contributed by atoms with Crippen LogP contribution in [0.3, 0.4) is 0 Å². The first kappa shape index (κ1) is 15.0. The molecule has 0 spiro atoms. The van der Waals surface area contributed by atoms with Crippen LogP contribution in [-0.2, 0) is 0 Å². The number of nitro benzene ring substituents is 1. The van der Waals surface area contributed by atoms with Crippen LogP contribution >= 0.6 is 0 Å². The molecule has 0 saturated heterocycles. The second kappa shape index (κ2) is 6.35. The predicted octanol–water partition coefficient (Wildman–Crippen LogP) is 4.61. The first-order chi connectivity index (χ1) is 10.0. The summed E-state index contributed by atoms with van der Waals surface area (Å²) in [5.74, 6) is -0.313. The second-order valence-corrected chi connectivity index (χ2v) is 4.90. The Morgan fingerprint density at radius 1 is 1.29 bits per heavy atom. The van der Waals surface area contributed by atoms with Gasteiger partial charge in [0.05, 0.1) is 11.0 Å². The third-order valence-corrected chi connectivity index (χ3v) is 3.37. The zero-order chi connectivity index (χ0) is 15.4. The van der Waals surface area contributed by atoms with Crippen LogP contribution in [0.15, 0.2) is 42.5 Å². The summed E-state index contributed by atoms with van der Waals surface area (Å²) in [7, 11) is 0. The highest BCUT2D eigenvalue weighted by atomic mass is 19.1. The lowest BCUT2D eigenvalue weighted by atomic mass is 10.0. The molecular weight excluding hydrogens is 271 g/mol. The highest BCUT2D eigenvalue weighted by molar-refractivity contribution is 5.63. The van der Waals surface area contributed by atoms with Crippen LogP contribution in [-0.4, -0.2) is 4.92 Å². The van der Waals surface area contributed by atoms with Crippen LogP contribution in [0.25, 0.3) is 0 Å². The van der Waals surface area contributed by atoms with E-state index in [0.29, 0.717) is 17.7 Å². The summed E-state index contributed by atoms with van der Waals surface area (Å²) in [6.07, 6.45) is 0.617. The van der Waals surface area contributed by atoms with Gasteiger partial charge >= 0.3 is 0 Å². The second-order valence-electron chi connectivity index (χ2n) is 4.90. The number of halogens is 1. The number of rotatable bonds is 5. The van der Waals surface area contributed by atoms with Crippen molar-refractivity contribution in [3.8, 4) is 0 Å². The van der Waals surface area contributed by atoms with E-state index in [1.165, 1.54) is 12.1 Å². The Bertz CT molecular complexity index is 658. The van der Waals surface area contributed by atoms with Gasteiger partial charge in [-0.25, -0.2) is 4.39 Å². The molecule has 5 heteroatoms. The number of aryl methyl sites for hydroxylation is 1. The predicted molar refractivity (Wildman–Crippen MR) is 80.9 cm³/mol. The fourth-order valence-electron chi connectivity index (χ4n) is 2.26. The van der Waals surface area contributed by atoms with E-state index in [9.17, 15) is 14.5 Å². The van der Waals surface area contributed by atoms with Crippen molar-refractivity contribution in [2.24, 2.45) is 0 Å². The highest BCUT2D eigenvalue weighted by Crippen LogP contribution is 2.31. The average Bonchev–Trinajstić information content (AvgIpc) is 2.46. The van der Waals surface area contributed by atoms with E-state index in [0.717, 1.165) is 5.56 Å². The number of nitrogens with one attached hydrogen (secondary N) is 1. The van der Waals surface area contributed by atoms with Gasteiger partial charge < -0.3 is 5.32 Å². The van der Waals surface area contributed by atoms with Crippen molar-refractivity contribution >= 4 is 11.4 Å². The van der Waals surface area contributed by atoms with Crippen molar-refractivity contribution in [2.75, 3.05) is 5.32 Å². The summed E-state index contributed by atoms with van der Waals surface area (Å²) in [6, 6.07) is 11.1. The molecule has 0 amide bonds. The van der Waals surface area contributed by atoms with E-state index in [-0.39, 0.29) is 17.5 Å². The lowest BCUT2D eigenvalue weighted by molar-refractivity contribution is -0.384. The van der Waals surface area contributed by atoms with Crippen molar-refractivity contribution in [1.82, 2.24) is 0 Å². The van der Waals surface area contributed by atoms with Crippen molar-refractivity contribution in [3.63, 3.8) is 0 Å². The first-order valence-corrected chi connectivity index (χ1v) is 6.79. The van der Waals surface area contributed by atoms with E-state index in [4.69, 9.17) is 0 Å². The SMILES string of the molecule is CCC(Nc1ccc(C)cc1[N+](=O)[O-])c1ccccc1F. The van der Waals surface area contributed by atoms with Crippen LogP contribution in [0.4, 0.5) is 15.8 Å². The van der Waals surface area contributed by atoms with E-state index in [1.807, 2.05) is 6.92 Å². The minimum absolute atomic E-state index is 0.00443. The molecule has 2 aromatic carbocycles. The average molecular weight is 288 g/mol. The van der Waals surface area contributed by atoms with Gasteiger partial charge in [0, 0.05) is 11.6 Å². The number of benzene rings is 2. The number of hydrogen-bond donors (Lipinski definition) is 1. The molecule has 0 aromatic heterocycles. The summed E-state index contributed by atoms with van der Waals surface area (Å²) in [4.78, 5) is 10.7. The van der Waals surface area contributed by atoms with Gasteiger partial charge in [0.25, 0.3) is 5.69 Å². The normalized spacial score (nSPS) is 12.0. The Hall–Kier alpha value is -2.43. The molecule has 2 rings (SSSR count). The minimum atomic E-state index is -0.427. The van der Waals surface area contributed by atoms with Gasteiger partial charge in [-0.15, -0.1) is 0 Å². The Morgan fingerprint density at radius 3 is 2.62 bits per heavy atom. The van der Waals surface area contributed by atoms with Gasteiger partial charge in [0.15, 0.2) is 0 Å². The van der Waals surface area contributed by atoms with Gasteiger partial charge in [-0.1, -0.05) is 31.2 Å². The van der Waals surface area contributed by atoms with Crippen LogP contribution in [0.2, 0.25) is 0 Å². The Labute approximate surface area is 122 Å². The summed E-state index contributed by atoms with van der Waals surface area (Å²) in [5, 5.41) is 14.2. The molecule has 0 radical (unpaired) electrons. The quantitative estimate of drug-likeness (QED) is 0.646. The molecule has 0 aliphatic heterocycles. The first-order valence-electron chi connectivity index (χ1n) is 6.79. The van der Waals surface area contributed by atoms with Gasteiger partial charge in [0.2, 0.25) is 0 Å². The summed E-state index contributed by atoms with van der Waals surface area (Å²) in [5.41, 5.74) is 1.73. The van der Waals surface area contributed by atoms with E-state index in [2.05, 4.69) is 5.32 Å². The number of nitro groups is 1. The van der Waals surface area contributed by atoms with E-state index in [1.54, 1.807) is 37.3 Å². The maximum atomic E-state index is 13.9. The van der Waals surface area contributed by atoms with Crippen molar-refractivity contribution in [1.29, 1.82) is 0 Å². The molecule has 21 heavy (non-hydrogen) atoms. The number of anilines is 1. The van der Waals surface area contributed by atoms with Crippen LogP contribution < -0.4 is 5.32 Å². The molecule has 110 valence electrons. The molecule has 1 unspecified atom stereocenters. The zero-order valence-corrected chi connectivity index (χ0v) is 12.0. The van der Waals surface area contributed by atoms with Crippen LogP contribution in [0.5, 0.6) is 0 Å². The molecule has 1 N–H and O–H groups in total.